The van der Waals surface area contributed by atoms with Crippen molar-refractivity contribution in [1.29, 1.82) is 0 Å². The van der Waals surface area contributed by atoms with Crippen LogP contribution in [0.2, 0.25) is 0 Å². The van der Waals surface area contributed by atoms with Gasteiger partial charge in [-0.3, -0.25) is 0 Å². The maximum Gasteiger partial charge on any atom is 0.130 e. The second-order valence-corrected chi connectivity index (χ2v) is 7.55. The Morgan fingerprint density at radius 1 is 1.00 bits per heavy atom. The molecule has 3 heteroatoms. The Kier molecular flexibility index (Phi) is 3.82. The van der Waals surface area contributed by atoms with Crippen LogP contribution in [0.25, 0.3) is 0 Å². The Bertz CT molecular complexity index is 123. The van der Waals surface area contributed by atoms with Gasteiger partial charge in [0.15, 0.2) is 0 Å². The first kappa shape index (κ1) is 11.7. The third-order valence-electron chi connectivity index (χ3n) is 0.881. The molecule has 0 saturated carbocycles. The van der Waals surface area contributed by atoms with Gasteiger partial charge in [0, 0.05) is 5.16 Å². The van der Waals surface area contributed by atoms with Crippen LogP contribution in [0, 0.1) is 0 Å². The molecule has 1 nitrogen and oxygen atoms in total. The normalized spacial score (nSPS) is 16.6. The predicted octanol–water partition coefficient (Wildman–Crippen LogP) is 4.15. The van der Waals surface area contributed by atoms with Crippen LogP contribution in [0.5, 0.6) is 0 Å². The number of rotatable bonds is 1. The number of hydrogen-bond acceptors (Lipinski definition) is 1. The van der Waals surface area contributed by atoms with E-state index in [1.165, 1.54) is 0 Å². The average Bonchev–Trinajstić information content (AvgIpc) is 1.56. The average molecular weight is 197 g/mol. The van der Waals surface area contributed by atoms with E-state index in [1.807, 2.05) is 20.8 Å². The predicted molar refractivity (Wildman–Crippen MR) is 53.4 cm³/mol. The molecule has 0 aromatic carbocycles. The van der Waals surface area contributed by atoms with Crippen molar-refractivity contribution < 1.29 is 4.52 Å². The van der Waals surface area contributed by atoms with Crippen LogP contribution in [-0.4, -0.2) is 10.8 Å². The van der Waals surface area contributed by atoms with Crippen molar-refractivity contribution in [3.63, 3.8) is 0 Å². The first-order valence-corrected chi connectivity index (χ1v) is 5.94. The maximum absolute atomic E-state index is 6.08. The van der Waals surface area contributed by atoms with Gasteiger partial charge in [0.1, 0.15) is 7.50 Å². The van der Waals surface area contributed by atoms with E-state index in [9.17, 15) is 0 Å². The molecular formula is C8H18ClOP. The second-order valence-electron chi connectivity index (χ2n) is 4.62. The quantitative estimate of drug-likeness (QED) is 0.573. The maximum atomic E-state index is 6.08. The molecule has 0 rings (SSSR count). The third kappa shape index (κ3) is 5.90. The minimum Gasteiger partial charge on any atom is -0.337 e. The fourth-order valence-electron chi connectivity index (χ4n) is 0.377. The highest BCUT2D eigenvalue weighted by Crippen LogP contribution is 2.56. The van der Waals surface area contributed by atoms with Gasteiger partial charge in [0.25, 0.3) is 0 Å². The van der Waals surface area contributed by atoms with Crippen LogP contribution >= 0.6 is 18.7 Å². The van der Waals surface area contributed by atoms with Gasteiger partial charge in [-0.25, -0.2) is 0 Å². The molecule has 1 atom stereocenters. The van der Waals surface area contributed by atoms with Gasteiger partial charge in [-0.2, -0.15) is 0 Å². The molecule has 0 aliphatic rings. The van der Waals surface area contributed by atoms with E-state index in [4.69, 9.17) is 15.8 Å². The summed E-state index contributed by atoms with van der Waals surface area (Å²) in [6.07, 6.45) is 0. The Morgan fingerprint density at radius 2 is 1.36 bits per heavy atom. The van der Waals surface area contributed by atoms with Crippen molar-refractivity contribution in [2.24, 2.45) is 0 Å². The minimum atomic E-state index is -0.837. The second kappa shape index (κ2) is 3.60. The van der Waals surface area contributed by atoms with E-state index in [0.29, 0.717) is 0 Å². The molecule has 0 fully saturated rings. The summed E-state index contributed by atoms with van der Waals surface area (Å²) in [6.45, 7) is 12.4. The summed E-state index contributed by atoms with van der Waals surface area (Å²) in [5.41, 5.74) is -0.124. The summed E-state index contributed by atoms with van der Waals surface area (Å²) >= 11 is 6.08. The van der Waals surface area contributed by atoms with E-state index in [0.717, 1.165) is 0 Å². The molecule has 0 N–H and O–H groups in total. The van der Waals surface area contributed by atoms with Crippen molar-refractivity contribution >= 4 is 18.7 Å². The zero-order valence-corrected chi connectivity index (χ0v) is 9.88. The largest absolute Gasteiger partial charge is 0.337 e. The zero-order valence-electron chi connectivity index (χ0n) is 8.23. The van der Waals surface area contributed by atoms with Gasteiger partial charge in [0.2, 0.25) is 0 Å². The van der Waals surface area contributed by atoms with Crippen molar-refractivity contribution in [3.05, 3.63) is 0 Å². The molecule has 0 aromatic heterocycles. The van der Waals surface area contributed by atoms with Crippen LogP contribution in [0.15, 0.2) is 0 Å². The van der Waals surface area contributed by atoms with Crippen LogP contribution < -0.4 is 0 Å². The summed E-state index contributed by atoms with van der Waals surface area (Å²) in [6, 6.07) is 0. The van der Waals surface area contributed by atoms with E-state index in [1.54, 1.807) is 0 Å². The lowest BCUT2D eigenvalue weighted by atomic mass is 10.2. The van der Waals surface area contributed by atoms with E-state index < -0.39 is 7.50 Å². The Morgan fingerprint density at radius 3 is 1.45 bits per heavy atom. The molecule has 0 saturated heterocycles. The molecule has 0 aliphatic heterocycles. The van der Waals surface area contributed by atoms with Crippen LogP contribution in [0.1, 0.15) is 41.5 Å². The lowest BCUT2D eigenvalue weighted by Crippen LogP contribution is -2.20. The van der Waals surface area contributed by atoms with Crippen molar-refractivity contribution in [2.75, 3.05) is 0 Å². The highest BCUT2D eigenvalue weighted by molar-refractivity contribution is 7.81. The monoisotopic (exact) mass is 196 g/mol. The fraction of sp³-hybridized carbons (Fsp3) is 1.00. The summed E-state index contributed by atoms with van der Waals surface area (Å²) in [4.78, 5) is 0. The fourth-order valence-corrected chi connectivity index (χ4v) is 1.75. The van der Waals surface area contributed by atoms with Gasteiger partial charge in [0.05, 0.1) is 5.60 Å². The first-order chi connectivity index (χ1) is 4.63. The molecule has 0 spiro atoms. The Balaban J connectivity index is 3.99. The standard InChI is InChI=1S/C8H18ClOP/c1-7(2,3)10-11(9)8(4,5)6/h1-6H3. The third-order valence-corrected chi connectivity index (χ3v) is 4.37. The van der Waals surface area contributed by atoms with Gasteiger partial charge < -0.3 is 4.52 Å². The van der Waals surface area contributed by atoms with E-state index in [2.05, 4.69) is 20.8 Å². The summed E-state index contributed by atoms with van der Waals surface area (Å²) in [5.74, 6) is 0. The Hall–Kier alpha value is 0.680. The van der Waals surface area contributed by atoms with E-state index >= 15 is 0 Å². The van der Waals surface area contributed by atoms with Crippen molar-refractivity contribution in [3.8, 4) is 0 Å². The van der Waals surface area contributed by atoms with Gasteiger partial charge in [-0.15, -0.1) is 0 Å². The molecule has 1 unspecified atom stereocenters. The van der Waals surface area contributed by atoms with Crippen molar-refractivity contribution in [2.45, 2.75) is 52.3 Å². The smallest absolute Gasteiger partial charge is 0.130 e. The molecule has 0 aromatic rings. The molecule has 0 amide bonds. The first-order valence-electron chi connectivity index (χ1n) is 3.78. The molecular weight excluding hydrogens is 179 g/mol. The molecule has 0 bridgehead atoms. The molecule has 11 heavy (non-hydrogen) atoms. The topological polar surface area (TPSA) is 9.23 Å². The van der Waals surface area contributed by atoms with Crippen LogP contribution in [-0.2, 0) is 4.52 Å². The molecule has 68 valence electrons. The van der Waals surface area contributed by atoms with Gasteiger partial charge in [-0.05, 0) is 20.8 Å². The minimum absolute atomic E-state index is 0.0736. The highest BCUT2D eigenvalue weighted by atomic mass is 35.7. The number of halogens is 1. The van der Waals surface area contributed by atoms with Crippen LogP contribution in [0.3, 0.4) is 0 Å². The highest BCUT2D eigenvalue weighted by Gasteiger charge is 2.28. The van der Waals surface area contributed by atoms with Gasteiger partial charge in [-0.1, -0.05) is 32.0 Å². The number of hydrogen-bond donors (Lipinski definition) is 0. The lowest BCUT2D eigenvalue weighted by molar-refractivity contribution is 0.150. The van der Waals surface area contributed by atoms with Crippen LogP contribution in [0.4, 0.5) is 0 Å². The molecule has 0 radical (unpaired) electrons. The lowest BCUT2D eigenvalue weighted by Gasteiger charge is -2.30. The van der Waals surface area contributed by atoms with Gasteiger partial charge >= 0.3 is 0 Å². The summed E-state index contributed by atoms with van der Waals surface area (Å²) < 4.78 is 5.63. The van der Waals surface area contributed by atoms with Crippen molar-refractivity contribution in [1.82, 2.24) is 0 Å². The molecule has 0 heterocycles. The molecule has 0 aliphatic carbocycles. The summed E-state index contributed by atoms with van der Waals surface area (Å²) in [5, 5.41) is 0.0736. The zero-order chi connectivity index (χ0) is 9.28. The Labute approximate surface area is 76.1 Å². The SMILES string of the molecule is CC(C)(C)OP(Cl)C(C)(C)C. The van der Waals surface area contributed by atoms with E-state index in [-0.39, 0.29) is 10.8 Å². The summed E-state index contributed by atoms with van der Waals surface area (Å²) in [7, 11) is -0.837.